The fraction of sp³-hybridized carbons (Fsp3) is 0.706. The molecule has 0 saturated carbocycles. The molecule has 0 aromatic rings. The van der Waals surface area contributed by atoms with Gasteiger partial charge >= 0.3 is 6.09 Å². The van der Waals surface area contributed by atoms with Crippen LogP contribution in [0.1, 0.15) is 34.1 Å². The van der Waals surface area contributed by atoms with Gasteiger partial charge in [0.05, 0.1) is 30.5 Å². The number of aliphatic imine (C=N–C) groups is 1. The predicted octanol–water partition coefficient (Wildman–Crippen LogP) is 1.83. The average molecular weight is 369 g/mol. The highest BCUT2D eigenvalue weighted by molar-refractivity contribution is 7.99. The Morgan fingerprint density at radius 1 is 1.44 bits per heavy atom. The van der Waals surface area contributed by atoms with Crippen molar-refractivity contribution in [3.63, 3.8) is 0 Å². The third-order valence-corrected chi connectivity index (χ3v) is 5.18. The largest absolute Gasteiger partial charge is 0.444 e. The molecule has 7 nitrogen and oxygen atoms in total. The van der Waals surface area contributed by atoms with Crippen molar-refractivity contribution in [3.8, 4) is 0 Å². The first-order valence-electron chi connectivity index (χ1n) is 8.44. The van der Waals surface area contributed by atoms with Gasteiger partial charge in [-0.05, 0) is 34.0 Å². The average Bonchev–Trinajstić information content (AvgIpc) is 2.89. The first-order chi connectivity index (χ1) is 11.7. The molecule has 0 aromatic carbocycles. The van der Waals surface area contributed by atoms with Crippen LogP contribution in [0.3, 0.4) is 0 Å². The number of ether oxygens (including phenoxy) is 1. The Bertz CT molecular complexity index is 597. The fourth-order valence-corrected chi connectivity index (χ4v) is 3.45. The summed E-state index contributed by atoms with van der Waals surface area (Å²) in [5.74, 6) is 0.0428. The molecule has 2 heterocycles. The van der Waals surface area contributed by atoms with Gasteiger partial charge in [-0.25, -0.2) is 4.79 Å². The first kappa shape index (κ1) is 19.6. The summed E-state index contributed by atoms with van der Waals surface area (Å²) in [6, 6.07) is -0.0640. The molecule has 2 aliphatic heterocycles. The van der Waals surface area contributed by atoms with Crippen LogP contribution < -0.4 is 5.73 Å². The molecule has 2 amide bonds. The highest BCUT2D eigenvalue weighted by atomic mass is 32.2. The van der Waals surface area contributed by atoms with Crippen LogP contribution in [0.15, 0.2) is 16.9 Å². The standard InChI is InChI=1S/C17H28N4O3S/c1-11-8-19-13(10-20(11)16(23)24-17(2,3)4)14(7-18)21-9-12(25-5)6-15(21)22/h7,11-12H,6,8-10,18H2,1-5H3/t11-,12?/m0/s1. The number of thioether (sulfide) groups is 1. The summed E-state index contributed by atoms with van der Waals surface area (Å²) in [5, 5.41) is 0.257. The Hall–Kier alpha value is -1.70. The van der Waals surface area contributed by atoms with Crippen LogP contribution in [0.4, 0.5) is 4.79 Å². The van der Waals surface area contributed by atoms with Crippen molar-refractivity contribution in [2.24, 2.45) is 10.7 Å². The molecule has 1 fully saturated rings. The molecule has 8 heteroatoms. The van der Waals surface area contributed by atoms with E-state index in [0.717, 1.165) is 0 Å². The second-order valence-electron chi connectivity index (χ2n) is 7.36. The molecule has 1 saturated heterocycles. The zero-order valence-corrected chi connectivity index (χ0v) is 16.4. The van der Waals surface area contributed by atoms with Crippen LogP contribution in [0.25, 0.3) is 0 Å². The summed E-state index contributed by atoms with van der Waals surface area (Å²) >= 11 is 1.67. The number of carbonyl (C=O) groups excluding carboxylic acids is 2. The third kappa shape index (κ3) is 4.68. The van der Waals surface area contributed by atoms with Crippen molar-refractivity contribution in [2.75, 3.05) is 25.9 Å². The van der Waals surface area contributed by atoms with Gasteiger partial charge in [-0.15, -0.1) is 0 Å². The van der Waals surface area contributed by atoms with Gasteiger partial charge < -0.3 is 15.4 Å². The van der Waals surface area contributed by atoms with E-state index in [1.165, 1.54) is 6.20 Å². The summed E-state index contributed by atoms with van der Waals surface area (Å²) in [7, 11) is 0. The Morgan fingerprint density at radius 3 is 2.64 bits per heavy atom. The van der Waals surface area contributed by atoms with Gasteiger partial charge in [-0.1, -0.05) is 0 Å². The van der Waals surface area contributed by atoms with Crippen molar-refractivity contribution >= 4 is 29.5 Å². The van der Waals surface area contributed by atoms with Gasteiger partial charge in [0.15, 0.2) is 0 Å². The molecule has 0 aromatic heterocycles. The van der Waals surface area contributed by atoms with Gasteiger partial charge in [-0.3, -0.25) is 14.7 Å². The molecule has 25 heavy (non-hydrogen) atoms. The summed E-state index contributed by atoms with van der Waals surface area (Å²) in [6.45, 7) is 8.80. The van der Waals surface area contributed by atoms with Crippen LogP contribution in [-0.2, 0) is 9.53 Å². The van der Waals surface area contributed by atoms with E-state index in [9.17, 15) is 9.59 Å². The summed E-state index contributed by atoms with van der Waals surface area (Å²) in [5.41, 5.74) is 6.50. The Balaban J connectivity index is 2.16. The van der Waals surface area contributed by atoms with Gasteiger partial charge in [0.1, 0.15) is 5.60 Å². The summed E-state index contributed by atoms with van der Waals surface area (Å²) < 4.78 is 5.49. The van der Waals surface area contributed by atoms with E-state index in [1.54, 1.807) is 21.6 Å². The van der Waals surface area contributed by atoms with Crippen LogP contribution in [-0.4, -0.2) is 70.3 Å². The topological polar surface area (TPSA) is 88.2 Å². The normalized spacial score (nSPS) is 25.2. The smallest absolute Gasteiger partial charge is 0.410 e. The van der Waals surface area contributed by atoms with Crippen LogP contribution >= 0.6 is 11.8 Å². The SMILES string of the molecule is CSC1CC(=O)N(C(=CN)C2=NC[C@H](C)N(C(=O)OC(C)(C)C)C2)C1. The lowest BCUT2D eigenvalue weighted by molar-refractivity contribution is -0.125. The van der Waals surface area contributed by atoms with Crippen molar-refractivity contribution in [2.45, 2.75) is 51.0 Å². The number of carbonyl (C=O) groups is 2. The fourth-order valence-electron chi connectivity index (χ4n) is 2.84. The number of hydrogen-bond acceptors (Lipinski definition) is 6. The molecule has 140 valence electrons. The third-order valence-electron chi connectivity index (χ3n) is 4.19. The lowest BCUT2D eigenvalue weighted by Gasteiger charge is -2.35. The van der Waals surface area contributed by atoms with Crippen LogP contribution in [0.5, 0.6) is 0 Å². The van der Waals surface area contributed by atoms with Gasteiger partial charge in [0.2, 0.25) is 5.91 Å². The van der Waals surface area contributed by atoms with Crippen molar-refractivity contribution in [1.29, 1.82) is 0 Å². The van der Waals surface area contributed by atoms with E-state index in [4.69, 9.17) is 10.5 Å². The van der Waals surface area contributed by atoms with E-state index in [2.05, 4.69) is 4.99 Å². The molecular formula is C17H28N4O3S. The Kier molecular flexibility index (Phi) is 6.03. The number of amides is 2. The summed E-state index contributed by atoms with van der Waals surface area (Å²) in [4.78, 5) is 32.7. The van der Waals surface area contributed by atoms with Crippen molar-refractivity contribution < 1.29 is 14.3 Å². The highest BCUT2D eigenvalue weighted by Crippen LogP contribution is 2.26. The van der Waals surface area contributed by atoms with E-state index < -0.39 is 5.60 Å². The maximum atomic E-state index is 12.5. The molecule has 2 atom stereocenters. The lowest BCUT2D eigenvalue weighted by atomic mass is 10.1. The maximum absolute atomic E-state index is 12.5. The van der Waals surface area contributed by atoms with Crippen molar-refractivity contribution in [3.05, 3.63) is 11.9 Å². The van der Waals surface area contributed by atoms with E-state index >= 15 is 0 Å². The van der Waals surface area contributed by atoms with Crippen LogP contribution in [0, 0.1) is 0 Å². The van der Waals surface area contributed by atoms with Gasteiger partial charge in [0.25, 0.3) is 0 Å². The van der Waals surface area contributed by atoms with E-state index in [1.807, 2.05) is 34.0 Å². The quantitative estimate of drug-likeness (QED) is 0.821. The minimum Gasteiger partial charge on any atom is -0.444 e. The Morgan fingerprint density at radius 2 is 2.12 bits per heavy atom. The molecule has 2 rings (SSSR count). The lowest BCUT2D eigenvalue weighted by Crippen LogP contribution is -2.50. The number of likely N-dealkylation sites (tertiary alicyclic amines) is 1. The molecule has 0 bridgehead atoms. The minimum atomic E-state index is -0.561. The molecule has 2 aliphatic rings. The summed E-state index contributed by atoms with van der Waals surface area (Å²) in [6.07, 6.45) is 3.54. The molecule has 0 aliphatic carbocycles. The van der Waals surface area contributed by atoms with E-state index in [0.29, 0.717) is 30.9 Å². The molecule has 2 N–H and O–H groups in total. The maximum Gasteiger partial charge on any atom is 0.410 e. The molecule has 0 radical (unpaired) electrons. The monoisotopic (exact) mass is 368 g/mol. The predicted molar refractivity (Wildman–Crippen MR) is 101 cm³/mol. The van der Waals surface area contributed by atoms with Gasteiger partial charge in [0, 0.05) is 24.4 Å². The minimum absolute atomic E-state index is 0.0428. The second kappa shape index (κ2) is 7.68. The molecule has 0 spiro atoms. The number of rotatable bonds is 3. The molecular weight excluding hydrogens is 340 g/mol. The van der Waals surface area contributed by atoms with Gasteiger partial charge in [-0.2, -0.15) is 11.8 Å². The highest BCUT2D eigenvalue weighted by Gasteiger charge is 2.36. The number of nitrogens with two attached hydrogens (primary N) is 1. The second-order valence-corrected chi connectivity index (χ2v) is 8.50. The van der Waals surface area contributed by atoms with E-state index in [-0.39, 0.29) is 29.8 Å². The number of hydrogen-bond donors (Lipinski definition) is 1. The van der Waals surface area contributed by atoms with Crippen LogP contribution in [0.2, 0.25) is 0 Å². The zero-order valence-electron chi connectivity index (χ0n) is 15.6. The van der Waals surface area contributed by atoms with Crippen molar-refractivity contribution in [1.82, 2.24) is 9.80 Å². The number of nitrogens with zero attached hydrogens (tertiary/aromatic N) is 3. The first-order valence-corrected chi connectivity index (χ1v) is 9.73. The molecule has 1 unspecified atom stereocenters. The zero-order chi connectivity index (χ0) is 18.8. The Labute approximate surface area is 153 Å².